The molecule has 1 aliphatic carbocycles. The Bertz CT molecular complexity index is 1350. The first-order valence-corrected chi connectivity index (χ1v) is 11.9. The van der Waals surface area contributed by atoms with E-state index in [-0.39, 0.29) is 41.9 Å². The van der Waals surface area contributed by atoms with E-state index in [1.807, 2.05) is 6.07 Å². The molecule has 35 heavy (non-hydrogen) atoms. The molecule has 8 nitrogen and oxygen atoms in total. The number of aromatic nitrogens is 3. The topological polar surface area (TPSA) is 100 Å². The van der Waals surface area contributed by atoms with Gasteiger partial charge in [0.25, 0.3) is 17.4 Å². The number of halogens is 2. The fourth-order valence-corrected chi connectivity index (χ4v) is 5.29. The molecule has 3 heterocycles. The van der Waals surface area contributed by atoms with Crippen molar-refractivity contribution in [3.63, 3.8) is 0 Å². The molecule has 0 atom stereocenters. The number of fused-ring (bicyclic) bond motifs is 2. The van der Waals surface area contributed by atoms with Crippen LogP contribution in [0.15, 0.2) is 35.4 Å². The van der Waals surface area contributed by atoms with Crippen LogP contribution in [-0.2, 0) is 23.6 Å². The Morgan fingerprint density at radius 2 is 2.03 bits per heavy atom. The molecule has 2 amide bonds. The SMILES string of the molecule is CC(=O)N1CCC(n2cc(C(=O)NCCc3cccc4c3CCC4(F)F)c3[nH]ncc3c2=O)CC1. The van der Waals surface area contributed by atoms with Crippen LogP contribution in [0.5, 0.6) is 0 Å². The number of nitrogens with zero attached hydrogens (tertiary/aromatic N) is 3. The van der Waals surface area contributed by atoms with Gasteiger partial charge < -0.3 is 14.8 Å². The average Bonchev–Trinajstić information content (AvgIpc) is 3.45. The van der Waals surface area contributed by atoms with E-state index in [1.54, 1.807) is 21.7 Å². The van der Waals surface area contributed by atoms with E-state index in [4.69, 9.17) is 0 Å². The smallest absolute Gasteiger partial charge is 0.273 e. The highest BCUT2D eigenvalue weighted by Crippen LogP contribution is 2.42. The minimum atomic E-state index is -2.80. The Labute approximate surface area is 200 Å². The number of alkyl halides is 2. The van der Waals surface area contributed by atoms with E-state index < -0.39 is 5.92 Å². The van der Waals surface area contributed by atoms with Crippen molar-refractivity contribution in [3.05, 3.63) is 63.2 Å². The second-order valence-corrected chi connectivity index (χ2v) is 9.30. The molecule has 10 heteroatoms. The van der Waals surface area contributed by atoms with Gasteiger partial charge in [-0.15, -0.1) is 0 Å². The number of carbonyl (C=O) groups excluding carboxylic acids is 2. The second-order valence-electron chi connectivity index (χ2n) is 9.30. The molecule has 1 aliphatic heterocycles. The van der Waals surface area contributed by atoms with Gasteiger partial charge in [-0.3, -0.25) is 19.5 Å². The van der Waals surface area contributed by atoms with Gasteiger partial charge in [0.1, 0.15) is 0 Å². The molecule has 0 saturated carbocycles. The van der Waals surface area contributed by atoms with Crippen molar-refractivity contribution in [3.8, 4) is 0 Å². The average molecular weight is 484 g/mol. The minimum Gasteiger partial charge on any atom is -0.352 e. The Balaban J connectivity index is 1.34. The summed E-state index contributed by atoms with van der Waals surface area (Å²) in [6.45, 7) is 2.91. The van der Waals surface area contributed by atoms with E-state index in [0.717, 1.165) is 5.56 Å². The third kappa shape index (κ3) is 4.21. The van der Waals surface area contributed by atoms with Gasteiger partial charge in [0, 0.05) is 50.8 Å². The number of pyridine rings is 1. The Morgan fingerprint density at radius 3 is 2.77 bits per heavy atom. The molecule has 1 fully saturated rings. The summed E-state index contributed by atoms with van der Waals surface area (Å²) in [7, 11) is 0. The van der Waals surface area contributed by atoms with Gasteiger partial charge in [-0.05, 0) is 36.8 Å². The molecular formula is C25H27F2N5O3. The summed E-state index contributed by atoms with van der Waals surface area (Å²) in [4.78, 5) is 39.6. The van der Waals surface area contributed by atoms with Crippen LogP contribution in [0.25, 0.3) is 10.9 Å². The number of nitrogens with one attached hydrogen (secondary N) is 2. The lowest BCUT2D eigenvalue weighted by molar-refractivity contribution is -0.130. The molecular weight excluding hydrogens is 456 g/mol. The number of aromatic amines is 1. The van der Waals surface area contributed by atoms with Gasteiger partial charge >= 0.3 is 0 Å². The summed E-state index contributed by atoms with van der Waals surface area (Å²) < 4.78 is 29.7. The van der Waals surface area contributed by atoms with E-state index in [1.165, 1.54) is 19.2 Å². The molecule has 2 N–H and O–H groups in total. The van der Waals surface area contributed by atoms with Gasteiger partial charge in [0.2, 0.25) is 5.91 Å². The first-order valence-electron chi connectivity index (χ1n) is 11.9. The maximum Gasteiger partial charge on any atom is 0.273 e. The highest BCUT2D eigenvalue weighted by Gasteiger charge is 2.39. The summed E-state index contributed by atoms with van der Waals surface area (Å²) >= 11 is 0. The van der Waals surface area contributed by atoms with Crippen molar-refractivity contribution in [1.29, 1.82) is 0 Å². The highest BCUT2D eigenvalue weighted by molar-refractivity contribution is 6.04. The maximum atomic E-state index is 14.1. The number of amides is 2. The Morgan fingerprint density at radius 1 is 1.26 bits per heavy atom. The predicted octanol–water partition coefficient (Wildman–Crippen LogP) is 2.92. The molecule has 5 rings (SSSR count). The third-order valence-corrected chi connectivity index (χ3v) is 7.23. The Hall–Kier alpha value is -3.56. The van der Waals surface area contributed by atoms with Gasteiger partial charge in [-0.2, -0.15) is 5.10 Å². The number of H-pyrrole nitrogens is 1. The van der Waals surface area contributed by atoms with Crippen molar-refractivity contribution < 1.29 is 18.4 Å². The molecule has 2 aromatic heterocycles. The Kier molecular flexibility index (Phi) is 5.90. The summed E-state index contributed by atoms with van der Waals surface area (Å²) in [5, 5.41) is 9.92. The van der Waals surface area contributed by atoms with Crippen LogP contribution >= 0.6 is 0 Å². The fourth-order valence-electron chi connectivity index (χ4n) is 5.29. The normalized spacial score (nSPS) is 17.5. The molecule has 3 aromatic rings. The van der Waals surface area contributed by atoms with Crippen molar-refractivity contribution in [1.82, 2.24) is 25.0 Å². The molecule has 2 aliphatic rings. The van der Waals surface area contributed by atoms with Crippen LogP contribution in [0.1, 0.15) is 59.3 Å². The van der Waals surface area contributed by atoms with Gasteiger partial charge in [-0.25, -0.2) is 8.78 Å². The van der Waals surface area contributed by atoms with Crippen molar-refractivity contribution in [2.24, 2.45) is 0 Å². The minimum absolute atomic E-state index is 0.00827. The molecule has 184 valence electrons. The number of piperidine rings is 1. The van der Waals surface area contributed by atoms with Crippen LogP contribution in [0.2, 0.25) is 0 Å². The van der Waals surface area contributed by atoms with Crippen molar-refractivity contribution >= 4 is 22.7 Å². The lowest BCUT2D eigenvalue weighted by atomic mass is 10.00. The second kappa shape index (κ2) is 8.90. The zero-order chi connectivity index (χ0) is 24.7. The lowest BCUT2D eigenvalue weighted by Crippen LogP contribution is -2.40. The lowest BCUT2D eigenvalue weighted by Gasteiger charge is -2.32. The van der Waals surface area contributed by atoms with E-state index in [9.17, 15) is 23.2 Å². The summed E-state index contributed by atoms with van der Waals surface area (Å²) in [6, 6.07) is 4.81. The maximum absolute atomic E-state index is 14.1. The zero-order valence-corrected chi connectivity index (χ0v) is 19.4. The van der Waals surface area contributed by atoms with Crippen molar-refractivity contribution in [2.75, 3.05) is 19.6 Å². The van der Waals surface area contributed by atoms with E-state index in [0.29, 0.717) is 60.8 Å². The van der Waals surface area contributed by atoms with Crippen LogP contribution in [0, 0.1) is 0 Å². The van der Waals surface area contributed by atoms with Crippen molar-refractivity contribution in [2.45, 2.75) is 51.0 Å². The molecule has 0 unspecified atom stereocenters. The molecule has 0 radical (unpaired) electrons. The first-order chi connectivity index (χ1) is 16.8. The zero-order valence-electron chi connectivity index (χ0n) is 19.4. The van der Waals surface area contributed by atoms with Crippen LogP contribution < -0.4 is 10.9 Å². The number of rotatable bonds is 5. The molecule has 0 bridgehead atoms. The van der Waals surface area contributed by atoms with Crippen LogP contribution in [-0.4, -0.2) is 51.1 Å². The highest BCUT2D eigenvalue weighted by atomic mass is 19.3. The van der Waals surface area contributed by atoms with Crippen LogP contribution in [0.3, 0.4) is 0 Å². The molecule has 0 spiro atoms. The quantitative estimate of drug-likeness (QED) is 0.583. The first kappa shape index (κ1) is 23.2. The molecule has 1 saturated heterocycles. The largest absolute Gasteiger partial charge is 0.352 e. The van der Waals surface area contributed by atoms with E-state index in [2.05, 4.69) is 15.5 Å². The third-order valence-electron chi connectivity index (χ3n) is 7.23. The number of benzene rings is 1. The number of likely N-dealkylation sites (tertiary alicyclic amines) is 1. The monoisotopic (exact) mass is 483 g/mol. The van der Waals surface area contributed by atoms with Crippen LogP contribution in [0.4, 0.5) is 8.78 Å². The fraction of sp³-hybridized carbons (Fsp3) is 0.440. The summed E-state index contributed by atoms with van der Waals surface area (Å²) in [5.41, 5.74) is 2.01. The number of hydrogen-bond donors (Lipinski definition) is 2. The molecule has 1 aromatic carbocycles. The predicted molar refractivity (Wildman–Crippen MR) is 126 cm³/mol. The van der Waals surface area contributed by atoms with E-state index >= 15 is 0 Å². The van der Waals surface area contributed by atoms with Gasteiger partial charge in [0.05, 0.1) is 22.7 Å². The summed E-state index contributed by atoms with van der Waals surface area (Å²) in [6.07, 6.45) is 4.79. The van der Waals surface area contributed by atoms with Gasteiger partial charge in [-0.1, -0.05) is 18.2 Å². The summed E-state index contributed by atoms with van der Waals surface area (Å²) in [5.74, 6) is -3.16. The number of hydrogen-bond acceptors (Lipinski definition) is 4. The standard InChI is InChI=1S/C25H27F2N5O3/c1-15(33)31-11-7-17(8-12-31)32-14-20(22-19(24(32)35)13-29-30-22)23(34)28-10-6-16-3-2-4-21-18(16)5-9-25(21,26)27/h2-4,13-14,17H,5-12H2,1H3,(H,28,34)(H,29,30). The number of carbonyl (C=O) groups is 2. The van der Waals surface area contributed by atoms with Gasteiger partial charge in [0.15, 0.2) is 0 Å².